The first-order valence-electron chi connectivity index (χ1n) is 7.87. The van der Waals surface area contributed by atoms with Crippen LogP contribution in [0.15, 0.2) is 55.0 Å². The lowest BCUT2D eigenvalue weighted by atomic mass is 10.1. The van der Waals surface area contributed by atoms with Gasteiger partial charge in [-0.2, -0.15) is 10.2 Å². The maximum Gasteiger partial charge on any atom is 0.153 e. The number of aryl methyl sites for hydroxylation is 1. The first kappa shape index (κ1) is 14.4. The van der Waals surface area contributed by atoms with E-state index < -0.39 is 0 Å². The fraction of sp³-hybridized carbons (Fsp3) is 0.167. The SMILES string of the molecule is CCn1cc(-c2ccc3ncc(Cc4ccc(O)cc4)n3n2)cn1. The maximum atomic E-state index is 9.40. The fourth-order valence-corrected chi connectivity index (χ4v) is 2.69. The summed E-state index contributed by atoms with van der Waals surface area (Å²) in [7, 11) is 0. The summed E-state index contributed by atoms with van der Waals surface area (Å²) in [6.07, 6.45) is 6.36. The van der Waals surface area contributed by atoms with Gasteiger partial charge in [-0.25, -0.2) is 9.50 Å². The van der Waals surface area contributed by atoms with Crippen LogP contribution in [0, 0.1) is 0 Å². The van der Waals surface area contributed by atoms with Gasteiger partial charge in [0, 0.05) is 24.7 Å². The van der Waals surface area contributed by atoms with Gasteiger partial charge in [-0.05, 0) is 36.8 Å². The molecule has 0 aliphatic rings. The summed E-state index contributed by atoms with van der Waals surface area (Å²) in [5.41, 5.74) is 4.77. The molecular weight excluding hydrogens is 302 g/mol. The molecule has 6 heteroatoms. The minimum Gasteiger partial charge on any atom is -0.508 e. The van der Waals surface area contributed by atoms with E-state index in [4.69, 9.17) is 5.10 Å². The molecule has 0 atom stereocenters. The number of nitrogens with zero attached hydrogens (tertiary/aromatic N) is 5. The zero-order valence-corrected chi connectivity index (χ0v) is 13.3. The number of rotatable bonds is 4. The highest BCUT2D eigenvalue weighted by atomic mass is 16.3. The van der Waals surface area contributed by atoms with Gasteiger partial charge in [0.25, 0.3) is 0 Å². The molecule has 0 fully saturated rings. The minimum atomic E-state index is 0.269. The van der Waals surface area contributed by atoms with E-state index in [0.29, 0.717) is 6.42 Å². The van der Waals surface area contributed by atoms with Gasteiger partial charge < -0.3 is 5.11 Å². The highest BCUT2D eigenvalue weighted by Crippen LogP contribution is 2.19. The van der Waals surface area contributed by atoms with Crippen molar-refractivity contribution >= 4 is 5.65 Å². The lowest BCUT2D eigenvalue weighted by Crippen LogP contribution is -2.00. The Kier molecular flexibility index (Phi) is 3.49. The van der Waals surface area contributed by atoms with Crippen LogP contribution in [-0.4, -0.2) is 29.5 Å². The minimum absolute atomic E-state index is 0.269. The molecule has 0 spiro atoms. The molecule has 3 heterocycles. The molecule has 0 saturated carbocycles. The highest BCUT2D eigenvalue weighted by Gasteiger charge is 2.09. The molecule has 24 heavy (non-hydrogen) atoms. The predicted octanol–water partition coefficient (Wildman–Crippen LogP) is 2.91. The van der Waals surface area contributed by atoms with E-state index in [9.17, 15) is 5.11 Å². The van der Waals surface area contributed by atoms with E-state index >= 15 is 0 Å². The molecule has 0 aliphatic carbocycles. The van der Waals surface area contributed by atoms with Gasteiger partial charge in [0.05, 0.1) is 23.8 Å². The molecule has 0 unspecified atom stereocenters. The normalized spacial score (nSPS) is 11.2. The lowest BCUT2D eigenvalue weighted by molar-refractivity contribution is 0.475. The van der Waals surface area contributed by atoms with Gasteiger partial charge in [-0.1, -0.05) is 12.1 Å². The molecule has 0 amide bonds. The number of imidazole rings is 1. The quantitative estimate of drug-likeness (QED) is 0.628. The van der Waals surface area contributed by atoms with E-state index in [2.05, 4.69) is 17.0 Å². The number of phenolic OH excluding ortho intramolecular Hbond substituents is 1. The van der Waals surface area contributed by atoms with Crippen LogP contribution in [0.2, 0.25) is 0 Å². The Hall–Kier alpha value is -3.15. The molecule has 0 saturated heterocycles. The van der Waals surface area contributed by atoms with Crippen molar-refractivity contribution in [2.24, 2.45) is 0 Å². The van der Waals surface area contributed by atoms with Crippen LogP contribution in [0.5, 0.6) is 5.75 Å². The van der Waals surface area contributed by atoms with Crippen molar-refractivity contribution < 1.29 is 5.11 Å². The van der Waals surface area contributed by atoms with E-state index in [-0.39, 0.29) is 5.75 Å². The average molecular weight is 319 g/mol. The third kappa shape index (κ3) is 2.62. The summed E-state index contributed by atoms with van der Waals surface area (Å²) >= 11 is 0. The Morgan fingerprint density at radius 3 is 2.62 bits per heavy atom. The van der Waals surface area contributed by atoms with Crippen LogP contribution in [0.1, 0.15) is 18.2 Å². The Bertz CT molecular complexity index is 984. The molecule has 0 radical (unpaired) electrons. The Balaban J connectivity index is 1.71. The number of aromatic nitrogens is 5. The molecule has 4 aromatic rings. The van der Waals surface area contributed by atoms with Crippen LogP contribution in [-0.2, 0) is 13.0 Å². The summed E-state index contributed by atoms with van der Waals surface area (Å²) in [6, 6.07) is 11.1. The van der Waals surface area contributed by atoms with Crippen molar-refractivity contribution in [2.75, 3.05) is 0 Å². The highest BCUT2D eigenvalue weighted by molar-refractivity contribution is 5.58. The maximum absolute atomic E-state index is 9.40. The smallest absolute Gasteiger partial charge is 0.153 e. The number of hydrogen-bond acceptors (Lipinski definition) is 4. The van der Waals surface area contributed by atoms with Crippen molar-refractivity contribution in [3.05, 3.63) is 66.2 Å². The predicted molar refractivity (Wildman–Crippen MR) is 90.8 cm³/mol. The Morgan fingerprint density at radius 2 is 1.88 bits per heavy atom. The molecule has 1 N–H and O–H groups in total. The third-order valence-electron chi connectivity index (χ3n) is 4.01. The van der Waals surface area contributed by atoms with Gasteiger partial charge >= 0.3 is 0 Å². The van der Waals surface area contributed by atoms with Crippen molar-refractivity contribution in [2.45, 2.75) is 19.9 Å². The summed E-state index contributed by atoms with van der Waals surface area (Å²) in [6.45, 7) is 2.89. The van der Waals surface area contributed by atoms with Crippen molar-refractivity contribution in [3.8, 4) is 17.0 Å². The van der Waals surface area contributed by atoms with Crippen molar-refractivity contribution in [1.82, 2.24) is 24.4 Å². The number of aromatic hydroxyl groups is 1. The zero-order chi connectivity index (χ0) is 16.5. The first-order valence-corrected chi connectivity index (χ1v) is 7.87. The molecule has 1 aromatic carbocycles. The van der Waals surface area contributed by atoms with Crippen LogP contribution in [0.25, 0.3) is 16.9 Å². The molecule has 0 bridgehead atoms. The van der Waals surface area contributed by atoms with E-state index in [1.165, 1.54) is 0 Å². The monoisotopic (exact) mass is 319 g/mol. The Morgan fingerprint density at radius 1 is 1.04 bits per heavy atom. The van der Waals surface area contributed by atoms with E-state index in [0.717, 1.165) is 34.7 Å². The molecule has 3 aromatic heterocycles. The van der Waals surface area contributed by atoms with Gasteiger partial charge in [-0.15, -0.1) is 0 Å². The van der Waals surface area contributed by atoms with Gasteiger partial charge in [0.1, 0.15) is 5.75 Å². The van der Waals surface area contributed by atoms with Crippen LogP contribution in [0.3, 0.4) is 0 Å². The second-order valence-corrected chi connectivity index (χ2v) is 5.67. The number of fused-ring (bicyclic) bond motifs is 1. The second-order valence-electron chi connectivity index (χ2n) is 5.67. The van der Waals surface area contributed by atoms with Crippen molar-refractivity contribution in [3.63, 3.8) is 0 Å². The standard InChI is InChI=1S/C18H17N5O/c1-2-22-12-14(10-20-22)17-7-8-18-19-11-15(23(18)21-17)9-13-3-5-16(24)6-4-13/h3-8,10-12,24H,2,9H2,1H3. The van der Waals surface area contributed by atoms with E-state index in [1.807, 2.05) is 52.1 Å². The molecule has 6 nitrogen and oxygen atoms in total. The molecule has 4 rings (SSSR count). The third-order valence-corrected chi connectivity index (χ3v) is 4.01. The van der Waals surface area contributed by atoms with Gasteiger partial charge in [-0.3, -0.25) is 4.68 Å². The number of hydrogen-bond donors (Lipinski definition) is 1. The second kappa shape index (κ2) is 5.81. The van der Waals surface area contributed by atoms with E-state index in [1.54, 1.807) is 12.1 Å². The molecule has 0 aliphatic heterocycles. The summed E-state index contributed by atoms with van der Waals surface area (Å²) in [4.78, 5) is 4.42. The topological polar surface area (TPSA) is 68.2 Å². The molecular formula is C18H17N5O. The number of phenols is 1. The zero-order valence-electron chi connectivity index (χ0n) is 13.3. The fourth-order valence-electron chi connectivity index (χ4n) is 2.69. The lowest BCUT2D eigenvalue weighted by Gasteiger charge is -2.04. The average Bonchev–Trinajstić information content (AvgIpc) is 3.24. The first-order chi connectivity index (χ1) is 11.7. The Labute approximate surface area is 139 Å². The summed E-state index contributed by atoms with van der Waals surface area (Å²) < 4.78 is 3.75. The van der Waals surface area contributed by atoms with Gasteiger partial charge in [0.15, 0.2) is 5.65 Å². The number of benzene rings is 1. The summed E-state index contributed by atoms with van der Waals surface area (Å²) in [5.74, 6) is 0.269. The van der Waals surface area contributed by atoms with Crippen LogP contribution >= 0.6 is 0 Å². The van der Waals surface area contributed by atoms with Crippen LogP contribution < -0.4 is 0 Å². The molecule has 120 valence electrons. The summed E-state index contributed by atoms with van der Waals surface area (Å²) in [5, 5.41) is 18.4. The van der Waals surface area contributed by atoms with Crippen LogP contribution in [0.4, 0.5) is 0 Å². The van der Waals surface area contributed by atoms with Gasteiger partial charge in [0.2, 0.25) is 0 Å². The van der Waals surface area contributed by atoms with Crippen molar-refractivity contribution in [1.29, 1.82) is 0 Å². The largest absolute Gasteiger partial charge is 0.508 e.